The Morgan fingerprint density at radius 1 is 0.660 bits per heavy atom. The van der Waals surface area contributed by atoms with Gasteiger partial charge in [0.25, 0.3) is 0 Å². The lowest BCUT2D eigenvalue weighted by Gasteiger charge is -2.36. The molecule has 3 aromatic rings. The number of carbonyl (C=O) groups is 4. The summed E-state index contributed by atoms with van der Waals surface area (Å²) in [6.45, 7) is 2.96. The zero-order chi connectivity index (χ0) is 35.3. The van der Waals surface area contributed by atoms with Gasteiger partial charge >= 0.3 is 11.9 Å². The third-order valence-electron chi connectivity index (χ3n) is 9.57. The highest BCUT2D eigenvalue weighted by atomic mass is 16.4. The lowest BCUT2D eigenvalue weighted by atomic mass is 9.63. The average molecular weight is 676 g/mol. The van der Waals surface area contributed by atoms with Crippen LogP contribution in [0.1, 0.15) is 74.0 Å². The highest BCUT2D eigenvalue weighted by molar-refractivity contribution is 6.28. The largest absolute Gasteiger partial charge is 0.481 e. The average Bonchev–Trinajstić information content (AvgIpc) is 3.12. The lowest BCUT2D eigenvalue weighted by molar-refractivity contribution is -0.543. The third-order valence-corrected chi connectivity index (χ3v) is 9.57. The Kier molecular flexibility index (Phi) is 13.1. The van der Waals surface area contributed by atoms with E-state index in [1.807, 2.05) is 85.0 Å². The Labute approximate surface area is 294 Å². The molecule has 260 valence electrons. The Hall–Kier alpha value is -5.11. The summed E-state index contributed by atoms with van der Waals surface area (Å²) in [5.41, 5.74) is 5.06. The second-order valence-electron chi connectivity index (χ2n) is 13.3. The van der Waals surface area contributed by atoms with Crippen LogP contribution in [0.2, 0.25) is 0 Å². The minimum Gasteiger partial charge on any atom is -0.481 e. The number of aliphatic carboxylic acids is 2. The molecule has 0 heterocycles. The van der Waals surface area contributed by atoms with Crippen molar-refractivity contribution in [1.29, 1.82) is 0 Å². The minimum absolute atomic E-state index is 0.0513. The summed E-state index contributed by atoms with van der Waals surface area (Å²) < 4.78 is 2.27. The fraction of sp³-hybridized carbons (Fsp3) is 0.357. The maximum atomic E-state index is 13.5. The number of anilines is 1. The van der Waals surface area contributed by atoms with Gasteiger partial charge in [-0.2, -0.15) is 0 Å². The standard InChI is InChI=1S/C42H46N2O6/c45-37(46)17-9-3-11-27-43(29-31-13-5-1-6-14-31)35-23-19-33(20-24-35)39-41(49)40(42(39)50)34-21-25-36(26-22-34)44(28-12-4-10-18-38(47)48)30-32-15-7-2-8-16-32/h1-2,5-8,13-16,19-26,33,39-40H,3-4,9-12,17-18,27-30H2,(H-,45,46,47,48)/p+1. The van der Waals surface area contributed by atoms with Crippen LogP contribution >= 0.6 is 0 Å². The summed E-state index contributed by atoms with van der Waals surface area (Å²) in [5, 5.41) is 17.9. The van der Waals surface area contributed by atoms with Crippen molar-refractivity contribution in [3.8, 4) is 0 Å². The number of allylic oxidation sites excluding steroid dienone is 4. The quantitative estimate of drug-likeness (QED) is 0.0783. The Morgan fingerprint density at radius 3 is 1.80 bits per heavy atom. The van der Waals surface area contributed by atoms with Crippen LogP contribution < -0.4 is 4.90 Å². The molecule has 2 aliphatic rings. The Balaban J connectivity index is 1.22. The molecule has 2 N–H and O–H groups in total. The van der Waals surface area contributed by atoms with E-state index in [9.17, 15) is 19.2 Å². The van der Waals surface area contributed by atoms with Gasteiger partial charge in [0, 0.05) is 61.7 Å². The summed E-state index contributed by atoms with van der Waals surface area (Å²) >= 11 is 0. The van der Waals surface area contributed by atoms with E-state index in [-0.39, 0.29) is 30.3 Å². The molecule has 0 radical (unpaired) electrons. The smallest absolute Gasteiger partial charge is 0.303 e. The molecule has 8 heteroatoms. The highest BCUT2D eigenvalue weighted by Gasteiger charge is 2.52. The predicted octanol–water partition coefficient (Wildman–Crippen LogP) is 7.23. The predicted molar refractivity (Wildman–Crippen MR) is 194 cm³/mol. The highest BCUT2D eigenvalue weighted by Crippen LogP contribution is 2.41. The van der Waals surface area contributed by atoms with E-state index in [0.717, 1.165) is 50.2 Å². The number of hydrogen-bond acceptors (Lipinski definition) is 5. The van der Waals surface area contributed by atoms with Crippen molar-refractivity contribution in [2.75, 3.05) is 18.0 Å². The van der Waals surface area contributed by atoms with E-state index >= 15 is 0 Å². The molecule has 8 nitrogen and oxygen atoms in total. The third kappa shape index (κ3) is 9.97. The van der Waals surface area contributed by atoms with Gasteiger partial charge in [0.05, 0.1) is 5.92 Å². The first-order chi connectivity index (χ1) is 24.3. The van der Waals surface area contributed by atoms with Crippen LogP contribution in [-0.2, 0) is 32.3 Å². The molecule has 0 aliphatic heterocycles. The number of rotatable bonds is 19. The van der Waals surface area contributed by atoms with E-state index in [4.69, 9.17) is 10.2 Å². The zero-order valence-electron chi connectivity index (χ0n) is 28.5. The molecule has 0 atom stereocenters. The van der Waals surface area contributed by atoms with Gasteiger partial charge < -0.3 is 15.1 Å². The van der Waals surface area contributed by atoms with Gasteiger partial charge in [0.15, 0.2) is 23.8 Å². The van der Waals surface area contributed by atoms with Crippen LogP contribution in [0.4, 0.5) is 5.69 Å². The number of ketones is 2. The van der Waals surface area contributed by atoms with Crippen LogP contribution in [0.15, 0.2) is 109 Å². The number of unbranched alkanes of at least 4 members (excludes halogenated alkanes) is 4. The Bertz CT molecular complexity index is 1680. The van der Waals surface area contributed by atoms with Crippen molar-refractivity contribution in [3.05, 3.63) is 126 Å². The SMILES string of the molecule is O=C(O)CCCCCN(Cc1ccccc1)c1ccc(C2C(=O)C(C3C=CC(=[N+](CCCCCC(=O)O)Cc4ccccc4)C=C3)C2=O)cc1. The van der Waals surface area contributed by atoms with Crippen LogP contribution in [0.5, 0.6) is 0 Å². The van der Waals surface area contributed by atoms with E-state index < -0.39 is 23.8 Å². The van der Waals surface area contributed by atoms with Gasteiger partial charge in [-0.05, 0) is 48.9 Å². The zero-order valence-corrected chi connectivity index (χ0v) is 28.5. The molecular formula is C42H47N2O6+. The molecule has 0 unspecified atom stereocenters. The van der Waals surface area contributed by atoms with Crippen LogP contribution in [0, 0.1) is 11.8 Å². The monoisotopic (exact) mass is 675 g/mol. The van der Waals surface area contributed by atoms with Crippen LogP contribution in [0.25, 0.3) is 0 Å². The Morgan fingerprint density at radius 2 is 1.22 bits per heavy atom. The first-order valence-electron chi connectivity index (χ1n) is 17.7. The van der Waals surface area contributed by atoms with Crippen molar-refractivity contribution in [1.82, 2.24) is 0 Å². The number of Topliss-reactive ketones (excluding diaryl/α,β-unsaturated/α-hetero) is 2. The fourth-order valence-electron chi connectivity index (χ4n) is 6.82. The van der Waals surface area contributed by atoms with Crippen LogP contribution in [-0.4, -0.2) is 57.1 Å². The number of carboxylic acid groups (broad SMARTS) is 2. The van der Waals surface area contributed by atoms with Crippen molar-refractivity contribution < 1.29 is 34.0 Å². The molecule has 2 aliphatic carbocycles. The summed E-state index contributed by atoms with van der Waals surface area (Å²) in [6, 6.07) is 28.1. The summed E-state index contributed by atoms with van der Waals surface area (Å²) in [5.74, 6) is -3.37. The molecule has 0 amide bonds. The van der Waals surface area contributed by atoms with Crippen molar-refractivity contribution in [2.24, 2.45) is 11.8 Å². The lowest BCUT2D eigenvalue weighted by Crippen LogP contribution is -2.49. The van der Waals surface area contributed by atoms with Crippen molar-refractivity contribution in [2.45, 2.75) is 70.4 Å². The molecule has 5 rings (SSSR count). The molecule has 0 spiro atoms. The minimum atomic E-state index is -0.772. The normalized spacial score (nSPS) is 18.2. The summed E-state index contributed by atoms with van der Waals surface area (Å²) in [4.78, 5) is 51.1. The molecule has 50 heavy (non-hydrogen) atoms. The number of carboxylic acids is 2. The second kappa shape index (κ2) is 18.0. The first-order valence-corrected chi connectivity index (χ1v) is 17.7. The molecule has 0 bridgehead atoms. The number of hydrogen-bond donors (Lipinski definition) is 2. The molecule has 1 fully saturated rings. The van der Waals surface area contributed by atoms with E-state index in [1.165, 1.54) is 11.1 Å². The molecule has 1 saturated carbocycles. The topological polar surface area (TPSA) is 115 Å². The molecule has 3 aromatic carbocycles. The van der Waals surface area contributed by atoms with Gasteiger partial charge in [-0.15, -0.1) is 0 Å². The van der Waals surface area contributed by atoms with Crippen LogP contribution in [0.3, 0.4) is 0 Å². The van der Waals surface area contributed by atoms with E-state index in [0.29, 0.717) is 31.5 Å². The number of nitrogens with zero attached hydrogens (tertiary/aromatic N) is 2. The van der Waals surface area contributed by atoms with Gasteiger partial charge in [0.2, 0.25) is 0 Å². The van der Waals surface area contributed by atoms with Gasteiger partial charge in [-0.1, -0.05) is 91.4 Å². The van der Waals surface area contributed by atoms with Crippen molar-refractivity contribution in [3.63, 3.8) is 0 Å². The number of benzene rings is 3. The maximum Gasteiger partial charge on any atom is 0.303 e. The molecular weight excluding hydrogens is 628 g/mol. The molecule has 0 aromatic heterocycles. The first kappa shape index (κ1) is 36.2. The van der Waals surface area contributed by atoms with Gasteiger partial charge in [0.1, 0.15) is 12.5 Å². The summed E-state index contributed by atoms with van der Waals surface area (Å²) in [6.07, 6.45) is 13.0. The van der Waals surface area contributed by atoms with Gasteiger partial charge in [-0.25, -0.2) is 4.58 Å². The second-order valence-corrected chi connectivity index (χ2v) is 13.3. The summed E-state index contributed by atoms with van der Waals surface area (Å²) in [7, 11) is 0. The van der Waals surface area contributed by atoms with E-state index in [1.54, 1.807) is 0 Å². The van der Waals surface area contributed by atoms with Gasteiger partial charge in [-0.3, -0.25) is 19.2 Å². The molecule has 0 saturated heterocycles. The van der Waals surface area contributed by atoms with Crippen molar-refractivity contribution >= 4 is 34.9 Å². The number of carbonyl (C=O) groups excluding carboxylic acids is 2. The maximum absolute atomic E-state index is 13.5. The van der Waals surface area contributed by atoms with E-state index in [2.05, 4.69) is 33.7 Å². The fourth-order valence-corrected chi connectivity index (χ4v) is 6.82.